The lowest BCUT2D eigenvalue weighted by atomic mass is 10.0. The van der Waals surface area contributed by atoms with Crippen LogP contribution in [-0.2, 0) is 0 Å². The average Bonchev–Trinajstić information content (AvgIpc) is 3.08. The molecule has 0 fully saturated rings. The molecular formula is C23H15BrN2. The molecule has 0 radical (unpaired) electrons. The molecule has 3 heteroatoms. The summed E-state index contributed by atoms with van der Waals surface area (Å²) in [6, 6.07) is 31.4. The van der Waals surface area contributed by atoms with Crippen molar-refractivity contribution < 1.29 is 0 Å². The van der Waals surface area contributed by atoms with Crippen molar-refractivity contribution in [3.63, 3.8) is 0 Å². The molecule has 124 valence electrons. The Hall–Kier alpha value is -2.91. The highest BCUT2D eigenvalue weighted by atomic mass is 79.9. The van der Waals surface area contributed by atoms with Gasteiger partial charge in [0.1, 0.15) is 5.82 Å². The Morgan fingerprint density at radius 1 is 0.654 bits per heavy atom. The molecule has 0 aliphatic heterocycles. The Bertz CT molecular complexity index is 1240. The van der Waals surface area contributed by atoms with Gasteiger partial charge in [0.15, 0.2) is 0 Å². The Morgan fingerprint density at radius 2 is 1.38 bits per heavy atom. The van der Waals surface area contributed by atoms with Gasteiger partial charge in [0.2, 0.25) is 0 Å². The minimum absolute atomic E-state index is 0.959. The Morgan fingerprint density at radius 3 is 2.27 bits per heavy atom. The van der Waals surface area contributed by atoms with Gasteiger partial charge in [-0.15, -0.1) is 0 Å². The molecule has 5 aromatic rings. The summed E-state index contributed by atoms with van der Waals surface area (Å²) < 4.78 is 3.34. The highest BCUT2D eigenvalue weighted by Crippen LogP contribution is 2.35. The summed E-state index contributed by atoms with van der Waals surface area (Å²) in [5, 5.41) is 2.38. The first kappa shape index (κ1) is 15.4. The van der Waals surface area contributed by atoms with Gasteiger partial charge in [0, 0.05) is 15.7 Å². The van der Waals surface area contributed by atoms with Gasteiger partial charge in [-0.3, -0.25) is 4.57 Å². The lowest BCUT2D eigenvalue weighted by molar-refractivity contribution is 1.11. The Labute approximate surface area is 159 Å². The molecule has 1 aromatic heterocycles. The summed E-state index contributed by atoms with van der Waals surface area (Å²) in [6.45, 7) is 0. The first-order valence-electron chi connectivity index (χ1n) is 8.53. The topological polar surface area (TPSA) is 17.8 Å². The predicted molar refractivity (Wildman–Crippen MR) is 112 cm³/mol. The molecule has 0 saturated heterocycles. The number of hydrogen-bond acceptors (Lipinski definition) is 1. The molecule has 0 N–H and O–H groups in total. The maximum absolute atomic E-state index is 4.99. The monoisotopic (exact) mass is 398 g/mol. The zero-order chi connectivity index (χ0) is 17.5. The van der Waals surface area contributed by atoms with E-state index in [0.717, 1.165) is 32.6 Å². The van der Waals surface area contributed by atoms with E-state index in [1.54, 1.807) is 0 Å². The van der Waals surface area contributed by atoms with Gasteiger partial charge in [0.05, 0.1) is 11.0 Å². The summed E-state index contributed by atoms with van der Waals surface area (Å²) in [6.07, 6.45) is 0. The molecule has 0 saturated carbocycles. The van der Waals surface area contributed by atoms with E-state index in [-0.39, 0.29) is 0 Å². The second kappa shape index (κ2) is 6.11. The van der Waals surface area contributed by atoms with E-state index in [2.05, 4.69) is 99.4 Å². The fraction of sp³-hybridized carbons (Fsp3) is 0. The highest BCUT2D eigenvalue weighted by molar-refractivity contribution is 9.10. The molecule has 5 rings (SSSR count). The molecular weight excluding hydrogens is 384 g/mol. The van der Waals surface area contributed by atoms with Crippen LogP contribution in [0.5, 0.6) is 0 Å². The van der Waals surface area contributed by atoms with E-state index in [1.165, 1.54) is 10.8 Å². The second-order valence-corrected chi connectivity index (χ2v) is 7.09. The summed E-state index contributed by atoms with van der Waals surface area (Å²) in [4.78, 5) is 4.99. The van der Waals surface area contributed by atoms with Crippen LogP contribution < -0.4 is 0 Å². The normalized spacial score (nSPS) is 11.3. The van der Waals surface area contributed by atoms with E-state index in [1.807, 2.05) is 12.1 Å². The van der Waals surface area contributed by atoms with Crippen molar-refractivity contribution in [3.8, 4) is 17.1 Å². The van der Waals surface area contributed by atoms with E-state index in [4.69, 9.17) is 4.98 Å². The van der Waals surface area contributed by atoms with Gasteiger partial charge in [-0.2, -0.15) is 0 Å². The van der Waals surface area contributed by atoms with Crippen LogP contribution in [0.2, 0.25) is 0 Å². The molecule has 0 spiro atoms. The maximum Gasteiger partial charge on any atom is 0.146 e. The number of halogens is 1. The highest BCUT2D eigenvalue weighted by Gasteiger charge is 2.16. The molecule has 0 bridgehead atoms. The minimum Gasteiger partial charge on any atom is -0.292 e. The molecule has 0 atom stereocenters. The Kier molecular flexibility index (Phi) is 3.61. The standard InChI is InChI=1S/C23H15BrN2/c24-20-13-7-10-17-18(20)11-6-12-19(17)23-25-21-14-4-5-15-22(21)26(23)16-8-2-1-3-9-16/h1-15H. The van der Waals surface area contributed by atoms with Gasteiger partial charge >= 0.3 is 0 Å². The van der Waals surface area contributed by atoms with Crippen molar-refractivity contribution in [2.75, 3.05) is 0 Å². The van der Waals surface area contributed by atoms with Crippen molar-refractivity contribution in [1.29, 1.82) is 0 Å². The van der Waals surface area contributed by atoms with E-state index in [9.17, 15) is 0 Å². The third-order valence-electron chi connectivity index (χ3n) is 4.68. The largest absolute Gasteiger partial charge is 0.292 e. The second-order valence-electron chi connectivity index (χ2n) is 6.24. The summed E-state index contributed by atoms with van der Waals surface area (Å²) >= 11 is 3.67. The number of benzene rings is 4. The molecule has 0 aliphatic carbocycles. The van der Waals surface area contributed by atoms with Crippen LogP contribution in [0.1, 0.15) is 0 Å². The number of fused-ring (bicyclic) bond motifs is 2. The lowest BCUT2D eigenvalue weighted by Gasteiger charge is -2.12. The molecule has 4 aromatic carbocycles. The first-order valence-corrected chi connectivity index (χ1v) is 9.33. The van der Waals surface area contributed by atoms with Crippen LogP contribution in [0.15, 0.2) is 95.5 Å². The minimum atomic E-state index is 0.959. The first-order chi connectivity index (χ1) is 12.8. The number of hydrogen-bond donors (Lipinski definition) is 0. The molecule has 0 unspecified atom stereocenters. The van der Waals surface area contributed by atoms with Crippen LogP contribution in [0.4, 0.5) is 0 Å². The zero-order valence-electron chi connectivity index (χ0n) is 13.9. The van der Waals surface area contributed by atoms with Gasteiger partial charge < -0.3 is 0 Å². The van der Waals surface area contributed by atoms with Gasteiger partial charge in [-0.25, -0.2) is 4.98 Å². The van der Waals surface area contributed by atoms with E-state index >= 15 is 0 Å². The van der Waals surface area contributed by atoms with Gasteiger partial charge in [-0.05, 0) is 41.1 Å². The van der Waals surface area contributed by atoms with Crippen molar-refractivity contribution >= 4 is 37.7 Å². The molecule has 1 heterocycles. The Balaban J connectivity index is 1.91. The van der Waals surface area contributed by atoms with Crippen LogP contribution in [0, 0.1) is 0 Å². The maximum atomic E-state index is 4.99. The number of nitrogens with zero attached hydrogens (tertiary/aromatic N) is 2. The average molecular weight is 399 g/mol. The van der Waals surface area contributed by atoms with Crippen LogP contribution in [0.3, 0.4) is 0 Å². The molecule has 0 amide bonds. The SMILES string of the molecule is Brc1cccc2c(-c3nc4ccccc4n3-c3ccccc3)cccc12. The van der Waals surface area contributed by atoms with Gasteiger partial charge in [-0.1, -0.05) is 76.6 Å². The van der Waals surface area contributed by atoms with E-state index < -0.39 is 0 Å². The summed E-state index contributed by atoms with van der Waals surface area (Å²) in [7, 11) is 0. The molecule has 2 nitrogen and oxygen atoms in total. The van der Waals surface area contributed by atoms with E-state index in [0.29, 0.717) is 0 Å². The number of rotatable bonds is 2. The summed E-state index contributed by atoms with van der Waals surface area (Å²) in [5.41, 5.74) is 4.35. The lowest BCUT2D eigenvalue weighted by Crippen LogP contribution is -1.97. The third kappa shape index (κ3) is 2.36. The number of aromatic nitrogens is 2. The molecule has 26 heavy (non-hydrogen) atoms. The van der Waals surface area contributed by atoms with Crippen molar-refractivity contribution in [1.82, 2.24) is 9.55 Å². The van der Waals surface area contributed by atoms with Crippen molar-refractivity contribution in [2.24, 2.45) is 0 Å². The zero-order valence-corrected chi connectivity index (χ0v) is 15.5. The number of imidazole rings is 1. The summed E-state index contributed by atoms with van der Waals surface area (Å²) in [5.74, 6) is 0.959. The van der Waals surface area contributed by atoms with Crippen LogP contribution in [-0.4, -0.2) is 9.55 Å². The van der Waals surface area contributed by atoms with Crippen LogP contribution in [0.25, 0.3) is 38.9 Å². The fourth-order valence-corrected chi connectivity index (χ4v) is 4.01. The van der Waals surface area contributed by atoms with Crippen LogP contribution >= 0.6 is 15.9 Å². The third-order valence-corrected chi connectivity index (χ3v) is 5.38. The molecule has 0 aliphatic rings. The number of para-hydroxylation sites is 3. The van der Waals surface area contributed by atoms with Crippen molar-refractivity contribution in [2.45, 2.75) is 0 Å². The van der Waals surface area contributed by atoms with Crippen molar-refractivity contribution in [3.05, 3.63) is 95.5 Å². The van der Waals surface area contributed by atoms with Gasteiger partial charge in [0.25, 0.3) is 0 Å². The predicted octanol–water partition coefficient (Wildman–Crippen LogP) is 6.61. The fourth-order valence-electron chi connectivity index (χ4n) is 3.51. The quantitative estimate of drug-likeness (QED) is 0.327. The smallest absolute Gasteiger partial charge is 0.146 e.